The van der Waals surface area contributed by atoms with Gasteiger partial charge in [0.05, 0.1) is 19.4 Å². The summed E-state index contributed by atoms with van der Waals surface area (Å²) in [6, 6.07) is 12.1. The summed E-state index contributed by atoms with van der Waals surface area (Å²) in [5.74, 6) is 0.909. The molecule has 0 aliphatic heterocycles. The third-order valence-corrected chi connectivity index (χ3v) is 5.27. The van der Waals surface area contributed by atoms with Gasteiger partial charge in [0.15, 0.2) is 15.8 Å². The summed E-state index contributed by atoms with van der Waals surface area (Å²) in [6.45, 7) is 3.56. The maximum atomic E-state index is 13.7. The van der Waals surface area contributed by atoms with Crippen molar-refractivity contribution < 1.29 is 17.5 Å². The number of nitrogens with zero attached hydrogens (tertiary/aromatic N) is 1. The van der Waals surface area contributed by atoms with Crippen molar-refractivity contribution in [1.82, 2.24) is 10.6 Å². The van der Waals surface area contributed by atoms with Gasteiger partial charge in [-0.05, 0) is 60.7 Å². The van der Waals surface area contributed by atoms with Crippen molar-refractivity contribution in [2.75, 3.05) is 26.5 Å². The molecular formula is C22H30FN3O3S. The first-order valence-electron chi connectivity index (χ1n) is 9.91. The normalized spacial score (nSPS) is 11.9. The molecule has 0 saturated carbocycles. The lowest BCUT2D eigenvalue weighted by molar-refractivity contribution is 0.414. The Bertz CT molecular complexity index is 945. The number of aryl methyl sites for hydroxylation is 1. The second-order valence-corrected chi connectivity index (χ2v) is 9.20. The number of guanidine groups is 1. The first-order chi connectivity index (χ1) is 14.3. The van der Waals surface area contributed by atoms with E-state index in [9.17, 15) is 12.8 Å². The molecule has 0 amide bonds. The van der Waals surface area contributed by atoms with Crippen molar-refractivity contribution in [2.45, 2.75) is 32.1 Å². The Morgan fingerprint density at radius 1 is 1.10 bits per heavy atom. The Balaban J connectivity index is 1.96. The number of ether oxygens (including phenoxy) is 1. The Hall–Kier alpha value is -2.61. The van der Waals surface area contributed by atoms with Crippen LogP contribution in [0.2, 0.25) is 0 Å². The van der Waals surface area contributed by atoms with Crippen LogP contribution in [0.1, 0.15) is 30.0 Å². The molecule has 0 spiro atoms. The van der Waals surface area contributed by atoms with Gasteiger partial charge >= 0.3 is 0 Å². The summed E-state index contributed by atoms with van der Waals surface area (Å²) in [7, 11) is -1.57. The first kappa shape index (κ1) is 23.7. The van der Waals surface area contributed by atoms with Gasteiger partial charge < -0.3 is 15.4 Å². The zero-order valence-electron chi connectivity index (χ0n) is 17.7. The predicted octanol–water partition coefficient (Wildman–Crippen LogP) is 3.07. The molecule has 2 N–H and O–H groups in total. The lowest BCUT2D eigenvalue weighted by Crippen LogP contribution is -2.37. The largest absolute Gasteiger partial charge is 0.497 e. The number of sulfone groups is 1. The molecule has 2 aromatic carbocycles. The van der Waals surface area contributed by atoms with Gasteiger partial charge in [-0.25, -0.2) is 17.8 Å². The molecule has 0 fully saturated rings. The predicted molar refractivity (Wildman–Crippen MR) is 119 cm³/mol. The summed E-state index contributed by atoms with van der Waals surface area (Å²) >= 11 is 0. The minimum Gasteiger partial charge on any atom is -0.497 e. The maximum Gasteiger partial charge on any atom is 0.191 e. The van der Waals surface area contributed by atoms with Crippen LogP contribution >= 0.6 is 0 Å². The van der Waals surface area contributed by atoms with Crippen LogP contribution in [0, 0.1) is 5.82 Å². The number of hydrogen-bond donors (Lipinski definition) is 2. The van der Waals surface area contributed by atoms with E-state index < -0.39 is 15.7 Å². The fourth-order valence-electron chi connectivity index (χ4n) is 2.96. The van der Waals surface area contributed by atoms with Crippen molar-refractivity contribution in [3.8, 4) is 5.75 Å². The second-order valence-electron chi connectivity index (χ2n) is 7.06. The number of methoxy groups -OCH3 is 1. The van der Waals surface area contributed by atoms with Crippen LogP contribution in [0.4, 0.5) is 4.39 Å². The highest BCUT2D eigenvalue weighted by molar-refractivity contribution is 7.89. The Morgan fingerprint density at radius 2 is 1.83 bits per heavy atom. The average Bonchev–Trinajstić information content (AvgIpc) is 2.70. The molecule has 164 valence electrons. The van der Waals surface area contributed by atoms with Crippen LogP contribution < -0.4 is 15.4 Å². The Morgan fingerprint density at radius 3 is 2.47 bits per heavy atom. The van der Waals surface area contributed by atoms with Crippen molar-refractivity contribution in [3.05, 3.63) is 65.0 Å². The number of rotatable bonds is 10. The molecule has 0 saturated heterocycles. The molecule has 2 rings (SSSR count). The number of nitrogens with one attached hydrogen (secondary N) is 2. The van der Waals surface area contributed by atoms with Gasteiger partial charge in [0.2, 0.25) is 0 Å². The fraction of sp³-hybridized carbons (Fsp3) is 0.409. The highest BCUT2D eigenvalue weighted by Crippen LogP contribution is 2.16. The van der Waals surface area contributed by atoms with Crippen molar-refractivity contribution in [1.29, 1.82) is 0 Å². The van der Waals surface area contributed by atoms with E-state index in [2.05, 4.69) is 15.6 Å². The first-order valence-corrected chi connectivity index (χ1v) is 12.0. The van der Waals surface area contributed by atoms with Gasteiger partial charge in [0, 0.05) is 19.3 Å². The minimum absolute atomic E-state index is 0.135. The zero-order valence-corrected chi connectivity index (χ0v) is 18.6. The molecular weight excluding hydrogens is 405 g/mol. The van der Waals surface area contributed by atoms with E-state index in [1.54, 1.807) is 7.11 Å². The van der Waals surface area contributed by atoms with Crippen molar-refractivity contribution in [3.63, 3.8) is 0 Å². The second kappa shape index (κ2) is 11.5. The van der Waals surface area contributed by atoms with E-state index in [0.717, 1.165) is 31.4 Å². The van der Waals surface area contributed by atoms with Crippen LogP contribution in [0.5, 0.6) is 5.75 Å². The monoisotopic (exact) mass is 435 g/mol. The van der Waals surface area contributed by atoms with Crippen LogP contribution in [0.25, 0.3) is 0 Å². The fourth-order valence-corrected chi connectivity index (χ4v) is 3.81. The summed E-state index contributed by atoms with van der Waals surface area (Å²) in [6.07, 6.45) is 2.99. The quantitative estimate of drug-likeness (QED) is 0.341. The standard InChI is InChI=1S/C22H30FN3O3S/c1-4-24-22(25-13-5-6-17-7-11-21(29-2)12-8-17)26-15-19-14-20(23)10-9-18(19)16-30(3,27)28/h7-12,14H,4-6,13,15-16H2,1-3H3,(H2,24,25,26). The summed E-state index contributed by atoms with van der Waals surface area (Å²) in [4.78, 5) is 4.50. The lowest BCUT2D eigenvalue weighted by atomic mass is 10.1. The molecule has 0 aliphatic rings. The number of hydrogen-bond acceptors (Lipinski definition) is 4. The van der Waals surface area contributed by atoms with Crippen LogP contribution in [-0.4, -0.2) is 40.8 Å². The Kier molecular flexibility index (Phi) is 9.11. The third-order valence-electron chi connectivity index (χ3n) is 4.43. The van der Waals surface area contributed by atoms with Gasteiger partial charge in [-0.3, -0.25) is 0 Å². The van der Waals surface area contributed by atoms with Crippen molar-refractivity contribution in [2.24, 2.45) is 4.99 Å². The van der Waals surface area contributed by atoms with Gasteiger partial charge in [0.1, 0.15) is 11.6 Å². The van der Waals surface area contributed by atoms with E-state index in [1.165, 1.54) is 23.8 Å². The molecule has 0 atom stereocenters. The average molecular weight is 436 g/mol. The minimum atomic E-state index is -3.22. The molecule has 2 aromatic rings. The zero-order chi connectivity index (χ0) is 22.0. The summed E-state index contributed by atoms with van der Waals surface area (Å²) in [5.41, 5.74) is 2.36. The van der Waals surface area contributed by atoms with Crippen LogP contribution in [0.3, 0.4) is 0 Å². The molecule has 0 radical (unpaired) electrons. The molecule has 0 aromatic heterocycles. The summed E-state index contributed by atoms with van der Waals surface area (Å²) < 4.78 is 42.1. The topological polar surface area (TPSA) is 79.8 Å². The summed E-state index contributed by atoms with van der Waals surface area (Å²) in [5, 5.41) is 6.43. The molecule has 8 heteroatoms. The van der Waals surface area contributed by atoms with E-state index in [4.69, 9.17) is 4.74 Å². The van der Waals surface area contributed by atoms with Gasteiger partial charge in [-0.1, -0.05) is 18.2 Å². The van der Waals surface area contributed by atoms with Gasteiger partial charge in [-0.15, -0.1) is 0 Å². The van der Waals surface area contributed by atoms with Gasteiger partial charge in [0.25, 0.3) is 0 Å². The third kappa shape index (κ3) is 8.41. The van der Waals surface area contributed by atoms with E-state index in [1.807, 2.05) is 31.2 Å². The SMILES string of the molecule is CCNC(=NCc1cc(F)ccc1CS(C)(=O)=O)NCCCc1ccc(OC)cc1. The van der Waals surface area contributed by atoms with Crippen molar-refractivity contribution >= 4 is 15.8 Å². The highest BCUT2D eigenvalue weighted by Gasteiger charge is 2.11. The number of halogens is 1. The van der Waals surface area contributed by atoms with Crippen LogP contribution in [0.15, 0.2) is 47.5 Å². The molecule has 6 nitrogen and oxygen atoms in total. The molecule has 0 aliphatic carbocycles. The Labute approximate surface area is 178 Å². The smallest absolute Gasteiger partial charge is 0.191 e. The lowest BCUT2D eigenvalue weighted by Gasteiger charge is -2.12. The maximum absolute atomic E-state index is 13.7. The highest BCUT2D eigenvalue weighted by atomic mass is 32.2. The van der Waals surface area contributed by atoms with E-state index >= 15 is 0 Å². The van der Waals surface area contributed by atoms with Gasteiger partial charge in [-0.2, -0.15) is 0 Å². The molecule has 0 unspecified atom stereocenters. The molecule has 30 heavy (non-hydrogen) atoms. The van der Waals surface area contributed by atoms with E-state index in [-0.39, 0.29) is 12.3 Å². The molecule has 0 bridgehead atoms. The van der Waals surface area contributed by atoms with Crippen LogP contribution in [-0.2, 0) is 28.6 Å². The van der Waals surface area contributed by atoms with E-state index in [0.29, 0.717) is 23.6 Å². The molecule has 0 heterocycles. The number of aliphatic imine (C=N–C) groups is 1. The number of benzene rings is 2.